The minimum Gasteiger partial charge on any atom is -0.381 e. The first-order chi connectivity index (χ1) is 21.8. The van der Waals surface area contributed by atoms with Crippen LogP contribution in [-0.4, -0.2) is 79.8 Å². The van der Waals surface area contributed by atoms with Gasteiger partial charge in [-0.2, -0.15) is 0 Å². The highest BCUT2D eigenvalue weighted by Gasteiger charge is 2.26. The van der Waals surface area contributed by atoms with Crippen LogP contribution >= 0.6 is 0 Å². The first-order valence-electron chi connectivity index (χ1n) is 16.7. The van der Waals surface area contributed by atoms with E-state index in [9.17, 15) is 9.59 Å². The molecule has 3 aromatic rings. The molecule has 6 rings (SSSR count). The number of fused-ring (bicyclic) bond motifs is 1. The largest absolute Gasteiger partial charge is 0.381 e. The zero-order valence-corrected chi connectivity index (χ0v) is 27.4. The summed E-state index contributed by atoms with van der Waals surface area (Å²) in [5.41, 5.74) is 8.52. The van der Waals surface area contributed by atoms with Crippen LogP contribution < -0.4 is 20.7 Å². The topological polar surface area (TPSA) is 93.8 Å². The predicted octanol–water partition coefficient (Wildman–Crippen LogP) is 4.62. The van der Waals surface area contributed by atoms with Crippen molar-refractivity contribution in [3.63, 3.8) is 0 Å². The van der Waals surface area contributed by atoms with Gasteiger partial charge in [0, 0.05) is 92.8 Å². The molecule has 9 nitrogen and oxygen atoms in total. The molecule has 240 valence electrons. The Morgan fingerprint density at radius 1 is 1.04 bits per heavy atom. The van der Waals surface area contributed by atoms with Crippen molar-refractivity contribution >= 4 is 17.4 Å². The number of aromatic nitrogens is 2. The number of H-pyrrole nitrogens is 1. The molecule has 2 aromatic heterocycles. The first kappa shape index (κ1) is 31.3. The van der Waals surface area contributed by atoms with Gasteiger partial charge >= 0.3 is 0 Å². The minimum atomic E-state index is -0.162. The lowest BCUT2D eigenvalue weighted by atomic mass is 9.88. The second-order valence-corrected chi connectivity index (χ2v) is 12.9. The minimum absolute atomic E-state index is 0.0946. The first-order valence-corrected chi connectivity index (χ1v) is 16.7. The quantitative estimate of drug-likeness (QED) is 0.384. The highest BCUT2D eigenvalue weighted by atomic mass is 16.5. The van der Waals surface area contributed by atoms with E-state index in [-0.39, 0.29) is 18.0 Å². The van der Waals surface area contributed by atoms with Crippen LogP contribution in [0.25, 0.3) is 11.1 Å². The Hall–Kier alpha value is -3.69. The molecule has 9 heteroatoms. The lowest BCUT2D eigenvalue weighted by Crippen LogP contribution is -2.44. The summed E-state index contributed by atoms with van der Waals surface area (Å²) < 4.78 is 5.68. The van der Waals surface area contributed by atoms with Gasteiger partial charge in [0.15, 0.2) is 0 Å². The fourth-order valence-electron chi connectivity index (χ4n) is 7.36. The Morgan fingerprint density at radius 2 is 1.78 bits per heavy atom. The Bertz CT molecular complexity index is 1570. The molecule has 4 heterocycles. The van der Waals surface area contributed by atoms with Gasteiger partial charge in [-0.15, -0.1) is 0 Å². The van der Waals surface area contributed by atoms with Crippen LogP contribution in [0.4, 0.5) is 11.5 Å². The van der Waals surface area contributed by atoms with E-state index < -0.39 is 0 Å². The summed E-state index contributed by atoms with van der Waals surface area (Å²) in [4.78, 5) is 42.1. The van der Waals surface area contributed by atoms with Crippen molar-refractivity contribution in [3.05, 3.63) is 74.3 Å². The third-order valence-corrected chi connectivity index (χ3v) is 10.1. The molecule has 2 aliphatic heterocycles. The molecular formula is C36H48N6O3. The average Bonchev–Trinajstić information content (AvgIpc) is 3.06. The standard InChI is InChI=1S/C36H48N6O3/c1-5-42(28-12-18-45-19-13-28)33-21-27(26-10-11-34(37-22-26)41-16-14-40(4)15-17-41)20-31(24(33)2)35(43)38-23-32-30-9-7-6-8-29(30)25(3)39-36(32)44/h10-11,20-22,28H,5-9,12-19,23H2,1-4H3,(H,38,43)(H,39,44). The number of aromatic amines is 1. The van der Waals surface area contributed by atoms with E-state index in [0.717, 1.165) is 124 Å². The van der Waals surface area contributed by atoms with E-state index in [1.54, 1.807) is 0 Å². The van der Waals surface area contributed by atoms with Gasteiger partial charge in [-0.05, 0) is 113 Å². The van der Waals surface area contributed by atoms with Gasteiger partial charge in [0.25, 0.3) is 11.5 Å². The summed E-state index contributed by atoms with van der Waals surface area (Å²) in [6.45, 7) is 12.7. The van der Waals surface area contributed by atoms with Gasteiger partial charge in [-0.25, -0.2) is 4.98 Å². The second-order valence-electron chi connectivity index (χ2n) is 12.9. The SMILES string of the molecule is CCN(c1cc(-c2ccc(N3CCN(C)CC3)nc2)cc(C(=O)NCc2c3c(c(C)[nH]c2=O)CCCC3)c1C)C1CCOCC1. The molecule has 0 spiro atoms. The van der Waals surface area contributed by atoms with E-state index >= 15 is 0 Å². The third kappa shape index (κ3) is 6.65. The van der Waals surface area contributed by atoms with Crippen LogP contribution in [0.15, 0.2) is 35.3 Å². The van der Waals surface area contributed by atoms with E-state index in [4.69, 9.17) is 9.72 Å². The average molecular weight is 613 g/mol. The van der Waals surface area contributed by atoms with Gasteiger partial charge in [-0.3, -0.25) is 9.59 Å². The monoisotopic (exact) mass is 612 g/mol. The summed E-state index contributed by atoms with van der Waals surface area (Å²) in [6.07, 6.45) is 7.92. The van der Waals surface area contributed by atoms with Crippen LogP contribution in [0.5, 0.6) is 0 Å². The van der Waals surface area contributed by atoms with Crippen molar-refractivity contribution in [3.8, 4) is 11.1 Å². The highest BCUT2D eigenvalue weighted by molar-refractivity contribution is 5.99. The van der Waals surface area contributed by atoms with Crippen molar-refractivity contribution in [2.24, 2.45) is 0 Å². The maximum Gasteiger partial charge on any atom is 0.253 e. The molecule has 2 fully saturated rings. The second kappa shape index (κ2) is 13.7. The van der Waals surface area contributed by atoms with Crippen LogP contribution in [0, 0.1) is 13.8 Å². The van der Waals surface area contributed by atoms with Gasteiger partial charge < -0.3 is 29.7 Å². The van der Waals surface area contributed by atoms with E-state index in [1.165, 1.54) is 5.56 Å². The van der Waals surface area contributed by atoms with Gasteiger partial charge in [0.1, 0.15) is 5.82 Å². The normalized spacial score (nSPS) is 17.6. The highest BCUT2D eigenvalue weighted by Crippen LogP contribution is 2.34. The van der Waals surface area contributed by atoms with E-state index in [2.05, 4.69) is 57.2 Å². The molecule has 1 aromatic carbocycles. The summed E-state index contributed by atoms with van der Waals surface area (Å²) in [5.74, 6) is 0.825. The van der Waals surface area contributed by atoms with E-state index in [0.29, 0.717) is 17.2 Å². The van der Waals surface area contributed by atoms with Crippen molar-refractivity contribution in [1.82, 2.24) is 20.2 Å². The zero-order valence-electron chi connectivity index (χ0n) is 27.4. The Balaban J connectivity index is 1.33. The number of rotatable bonds is 8. The number of pyridine rings is 2. The number of hydrogen-bond donors (Lipinski definition) is 2. The molecule has 2 N–H and O–H groups in total. The van der Waals surface area contributed by atoms with Crippen LogP contribution in [0.3, 0.4) is 0 Å². The number of anilines is 2. The molecule has 0 saturated carbocycles. The number of ether oxygens (including phenoxy) is 1. The zero-order chi connectivity index (χ0) is 31.5. The molecule has 1 aliphatic carbocycles. The molecular weight excluding hydrogens is 564 g/mol. The number of aryl methyl sites for hydroxylation is 1. The molecule has 0 atom stereocenters. The number of carbonyl (C=O) groups is 1. The molecule has 45 heavy (non-hydrogen) atoms. The number of nitrogens with one attached hydrogen (secondary N) is 2. The van der Waals surface area contributed by atoms with Crippen molar-refractivity contribution in [2.45, 2.75) is 71.9 Å². The molecule has 1 amide bonds. The molecule has 2 saturated heterocycles. The molecule has 3 aliphatic rings. The van der Waals surface area contributed by atoms with Crippen LogP contribution in [-0.2, 0) is 24.1 Å². The number of benzene rings is 1. The number of hydrogen-bond acceptors (Lipinski definition) is 7. The van der Waals surface area contributed by atoms with Crippen LogP contribution in [0.1, 0.15) is 70.9 Å². The number of amides is 1. The summed E-state index contributed by atoms with van der Waals surface area (Å²) >= 11 is 0. The molecule has 0 radical (unpaired) electrons. The molecule has 0 bridgehead atoms. The van der Waals surface area contributed by atoms with Crippen molar-refractivity contribution < 1.29 is 9.53 Å². The van der Waals surface area contributed by atoms with Gasteiger partial charge in [0.05, 0.1) is 0 Å². The smallest absolute Gasteiger partial charge is 0.253 e. The predicted molar refractivity (Wildman–Crippen MR) is 181 cm³/mol. The molecule has 0 unspecified atom stereocenters. The van der Waals surface area contributed by atoms with Crippen molar-refractivity contribution in [2.75, 3.05) is 62.8 Å². The fraction of sp³-hybridized carbons (Fsp3) is 0.528. The number of likely N-dealkylation sites (N-methyl/N-ethyl adjacent to an activating group) is 1. The van der Waals surface area contributed by atoms with Gasteiger partial charge in [0.2, 0.25) is 0 Å². The summed E-state index contributed by atoms with van der Waals surface area (Å²) in [7, 11) is 2.16. The number of carbonyl (C=O) groups excluding carboxylic acids is 1. The Kier molecular flexibility index (Phi) is 9.56. The number of piperazine rings is 1. The van der Waals surface area contributed by atoms with E-state index in [1.807, 2.05) is 26.1 Å². The Labute approximate surface area is 267 Å². The lowest BCUT2D eigenvalue weighted by Gasteiger charge is -2.37. The maximum atomic E-state index is 14.0. The van der Waals surface area contributed by atoms with Crippen molar-refractivity contribution in [1.29, 1.82) is 0 Å². The maximum absolute atomic E-state index is 14.0. The van der Waals surface area contributed by atoms with Crippen LogP contribution in [0.2, 0.25) is 0 Å². The lowest BCUT2D eigenvalue weighted by molar-refractivity contribution is 0.0846. The third-order valence-electron chi connectivity index (χ3n) is 10.1. The van der Waals surface area contributed by atoms with Gasteiger partial charge in [-0.1, -0.05) is 0 Å². The summed E-state index contributed by atoms with van der Waals surface area (Å²) in [6, 6.07) is 8.79. The Morgan fingerprint density at radius 3 is 2.47 bits per heavy atom. The summed E-state index contributed by atoms with van der Waals surface area (Å²) in [5, 5.41) is 3.14. The number of nitrogens with zero attached hydrogens (tertiary/aromatic N) is 4. The fourth-order valence-corrected chi connectivity index (χ4v) is 7.36.